The molecule has 1 aromatic rings. The van der Waals surface area contributed by atoms with Gasteiger partial charge in [0.15, 0.2) is 11.6 Å². The molecule has 0 spiro atoms. The van der Waals surface area contributed by atoms with Gasteiger partial charge in [0, 0.05) is 25.3 Å². The van der Waals surface area contributed by atoms with Crippen molar-refractivity contribution in [1.29, 1.82) is 0 Å². The van der Waals surface area contributed by atoms with Crippen LogP contribution in [0, 0.1) is 0 Å². The zero-order valence-electron chi connectivity index (χ0n) is 12.8. The lowest BCUT2D eigenvalue weighted by Crippen LogP contribution is -2.46. The van der Waals surface area contributed by atoms with Crippen molar-refractivity contribution in [3.63, 3.8) is 0 Å². The van der Waals surface area contributed by atoms with Gasteiger partial charge < -0.3 is 15.0 Å². The molecule has 1 aliphatic heterocycles. The van der Waals surface area contributed by atoms with Gasteiger partial charge in [-0.2, -0.15) is 0 Å². The van der Waals surface area contributed by atoms with Crippen LogP contribution in [0.5, 0.6) is 5.75 Å². The van der Waals surface area contributed by atoms with E-state index in [0.717, 1.165) is 44.2 Å². The summed E-state index contributed by atoms with van der Waals surface area (Å²) < 4.78 is 5.87. The molecule has 1 saturated heterocycles. The second-order valence-corrected chi connectivity index (χ2v) is 5.32. The lowest BCUT2D eigenvalue weighted by Gasteiger charge is -2.37. The Kier molecular flexibility index (Phi) is 6.12. The van der Waals surface area contributed by atoms with Crippen LogP contribution in [-0.2, 0) is 0 Å². The van der Waals surface area contributed by atoms with E-state index < -0.39 is 0 Å². The van der Waals surface area contributed by atoms with Crippen molar-refractivity contribution in [1.82, 2.24) is 10.3 Å². The number of piperidine rings is 1. The van der Waals surface area contributed by atoms with Crippen LogP contribution in [0.25, 0.3) is 0 Å². The van der Waals surface area contributed by atoms with Gasteiger partial charge in [-0.25, -0.2) is 4.98 Å². The predicted molar refractivity (Wildman–Crippen MR) is 83.6 cm³/mol. The molecule has 0 radical (unpaired) electrons. The summed E-state index contributed by atoms with van der Waals surface area (Å²) in [6.07, 6.45) is 6.68. The molecule has 1 atom stereocenters. The third-order valence-electron chi connectivity index (χ3n) is 3.74. The molecule has 2 rings (SSSR count). The van der Waals surface area contributed by atoms with E-state index in [1.807, 2.05) is 18.3 Å². The van der Waals surface area contributed by atoms with Gasteiger partial charge in [0.25, 0.3) is 0 Å². The molecule has 1 N–H and O–H groups in total. The second kappa shape index (κ2) is 8.10. The van der Waals surface area contributed by atoms with Gasteiger partial charge in [-0.15, -0.1) is 0 Å². The van der Waals surface area contributed by atoms with Crippen LogP contribution >= 0.6 is 0 Å². The SMILES string of the molecule is CCCOc1cccnc1N1CCCCC1CNCC. The van der Waals surface area contributed by atoms with Crippen LogP contribution in [-0.4, -0.2) is 37.3 Å². The van der Waals surface area contributed by atoms with E-state index in [2.05, 4.69) is 29.0 Å². The van der Waals surface area contributed by atoms with Crippen molar-refractivity contribution in [2.75, 3.05) is 31.1 Å². The number of rotatable bonds is 7. The summed E-state index contributed by atoms with van der Waals surface area (Å²) in [5, 5.41) is 3.47. The minimum absolute atomic E-state index is 0.530. The van der Waals surface area contributed by atoms with Gasteiger partial charge >= 0.3 is 0 Å². The molecule has 1 unspecified atom stereocenters. The van der Waals surface area contributed by atoms with Gasteiger partial charge in [-0.1, -0.05) is 13.8 Å². The molecule has 0 aromatic carbocycles. The molecular weight excluding hydrogens is 250 g/mol. The highest BCUT2D eigenvalue weighted by atomic mass is 16.5. The number of nitrogens with zero attached hydrogens (tertiary/aromatic N) is 2. The summed E-state index contributed by atoms with van der Waals surface area (Å²) in [6.45, 7) is 8.17. The maximum Gasteiger partial charge on any atom is 0.171 e. The molecule has 0 amide bonds. The van der Waals surface area contributed by atoms with E-state index in [9.17, 15) is 0 Å². The number of ether oxygens (including phenoxy) is 1. The Morgan fingerprint density at radius 3 is 3.10 bits per heavy atom. The van der Waals surface area contributed by atoms with E-state index in [0.29, 0.717) is 6.04 Å². The minimum Gasteiger partial charge on any atom is -0.490 e. The summed E-state index contributed by atoms with van der Waals surface area (Å²) in [7, 11) is 0. The minimum atomic E-state index is 0.530. The zero-order chi connectivity index (χ0) is 14.2. The Labute approximate surface area is 122 Å². The van der Waals surface area contributed by atoms with Crippen molar-refractivity contribution < 1.29 is 4.74 Å². The number of hydrogen-bond donors (Lipinski definition) is 1. The fourth-order valence-electron chi connectivity index (χ4n) is 2.73. The van der Waals surface area contributed by atoms with E-state index in [1.54, 1.807) is 0 Å². The maximum absolute atomic E-state index is 5.87. The number of hydrogen-bond acceptors (Lipinski definition) is 4. The molecule has 1 fully saturated rings. The standard InChI is InChI=1S/C16H27N3O/c1-3-12-20-15-9-7-10-18-16(15)19-11-6-5-8-14(19)13-17-4-2/h7,9-10,14,17H,3-6,8,11-13H2,1-2H3. The first-order chi connectivity index (χ1) is 9.86. The fourth-order valence-corrected chi connectivity index (χ4v) is 2.73. The molecule has 0 bridgehead atoms. The molecule has 0 saturated carbocycles. The Morgan fingerprint density at radius 2 is 2.30 bits per heavy atom. The van der Waals surface area contributed by atoms with Crippen molar-refractivity contribution in [3.05, 3.63) is 18.3 Å². The third-order valence-corrected chi connectivity index (χ3v) is 3.74. The lowest BCUT2D eigenvalue weighted by atomic mass is 10.0. The molecule has 1 aromatic heterocycles. The molecule has 1 aliphatic rings. The molecule has 4 nitrogen and oxygen atoms in total. The maximum atomic E-state index is 5.87. The monoisotopic (exact) mass is 277 g/mol. The summed E-state index contributed by atoms with van der Waals surface area (Å²) in [4.78, 5) is 7.01. The molecule has 112 valence electrons. The lowest BCUT2D eigenvalue weighted by molar-refractivity contribution is 0.313. The Bertz CT molecular complexity index is 397. The van der Waals surface area contributed by atoms with Crippen LogP contribution in [0.2, 0.25) is 0 Å². The van der Waals surface area contributed by atoms with Gasteiger partial charge in [0.1, 0.15) is 0 Å². The summed E-state index contributed by atoms with van der Waals surface area (Å²) in [5.74, 6) is 1.95. The summed E-state index contributed by atoms with van der Waals surface area (Å²) in [5.41, 5.74) is 0. The van der Waals surface area contributed by atoms with Crippen molar-refractivity contribution in [2.24, 2.45) is 0 Å². The van der Waals surface area contributed by atoms with Crippen molar-refractivity contribution >= 4 is 5.82 Å². The highest BCUT2D eigenvalue weighted by Gasteiger charge is 2.25. The molecular formula is C16H27N3O. The van der Waals surface area contributed by atoms with Gasteiger partial charge in [0.05, 0.1) is 6.61 Å². The summed E-state index contributed by atoms with van der Waals surface area (Å²) in [6, 6.07) is 4.52. The molecule has 20 heavy (non-hydrogen) atoms. The molecule has 2 heterocycles. The number of aromatic nitrogens is 1. The highest BCUT2D eigenvalue weighted by molar-refractivity contribution is 5.53. The Balaban J connectivity index is 2.14. The van der Waals surface area contributed by atoms with Gasteiger partial charge in [-0.05, 0) is 44.4 Å². The first-order valence-corrected chi connectivity index (χ1v) is 7.92. The smallest absolute Gasteiger partial charge is 0.171 e. The Hall–Kier alpha value is -1.29. The molecule has 0 aliphatic carbocycles. The number of nitrogens with one attached hydrogen (secondary N) is 1. The largest absolute Gasteiger partial charge is 0.490 e. The van der Waals surface area contributed by atoms with Crippen LogP contribution in [0.4, 0.5) is 5.82 Å². The topological polar surface area (TPSA) is 37.4 Å². The van der Waals surface area contributed by atoms with E-state index in [1.165, 1.54) is 19.3 Å². The van der Waals surface area contributed by atoms with Crippen LogP contribution in [0.15, 0.2) is 18.3 Å². The molecule has 4 heteroatoms. The average Bonchev–Trinajstić information content (AvgIpc) is 2.51. The normalized spacial score (nSPS) is 19.1. The van der Waals surface area contributed by atoms with Crippen LogP contribution < -0.4 is 15.0 Å². The van der Waals surface area contributed by atoms with Gasteiger partial charge in [-0.3, -0.25) is 0 Å². The van der Waals surface area contributed by atoms with E-state index in [-0.39, 0.29) is 0 Å². The second-order valence-electron chi connectivity index (χ2n) is 5.32. The number of pyridine rings is 1. The predicted octanol–water partition coefficient (Wildman–Crippen LogP) is 2.84. The first kappa shape index (κ1) is 15.1. The van der Waals surface area contributed by atoms with Crippen molar-refractivity contribution in [2.45, 2.75) is 45.6 Å². The van der Waals surface area contributed by atoms with Crippen LogP contribution in [0.3, 0.4) is 0 Å². The average molecular weight is 277 g/mol. The summed E-state index contributed by atoms with van der Waals surface area (Å²) >= 11 is 0. The number of likely N-dealkylation sites (N-methyl/N-ethyl adjacent to an activating group) is 1. The zero-order valence-corrected chi connectivity index (χ0v) is 12.8. The van der Waals surface area contributed by atoms with Crippen LogP contribution in [0.1, 0.15) is 39.5 Å². The Morgan fingerprint density at radius 1 is 1.40 bits per heavy atom. The fraction of sp³-hybridized carbons (Fsp3) is 0.688. The highest BCUT2D eigenvalue weighted by Crippen LogP contribution is 2.30. The third kappa shape index (κ3) is 3.85. The van der Waals surface area contributed by atoms with Crippen molar-refractivity contribution in [3.8, 4) is 5.75 Å². The first-order valence-electron chi connectivity index (χ1n) is 7.92. The number of anilines is 1. The van der Waals surface area contributed by atoms with E-state index in [4.69, 9.17) is 4.74 Å². The van der Waals surface area contributed by atoms with E-state index >= 15 is 0 Å². The van der Waals surface area contributed by atoms with Gasteiger partial charge in [0.2, 0.25) is 0 Å². The quantitative estimate of drug-likeness (QED) is 0.831.